The summed E-state index contributed by atoms with van der Waals surface area (Å²) in [5, 5.41) is 0. The van der Waals surface area contributed by atoms with Crippen LogP contribution in [0.4, 0.5) is 0 Å². The maximum Gasteiger partial charge on any atom is 0.293 e. The summed E-state index contributed by atoms with van der Waals surface area (Å²) in [7, 11) is 1.61. The molecule has 1 heterocycles. The van der Waals surface area contributed by atoms with E-state index in [-0.39, 0.29) is 11.8 Å². The van der Waals surface area contributed by atoms with Crippen molar-refractivity contribution in [2.75, 3.05) is 7.11 Å². The van der Waals surface area contributed by atoms with Crippen LogP contribution in [0.3, 0.4) is 0 Å². The summed E-state index contributed by atoms with van der Waals surface area (Å²) in [6.07, 6.45) is 1.75. The number of aliphatic imine (C=N–C) groups is 1. The smallest absolute Gasteiger partial charge is 0.293 e. The third kappa shape index (κ3) is 3.07. The summed E-state index contributed by atoms with van der Waals surface area (Å²) in [6, 6.07) is 15.3. The molecule has 0 saturated heterocycles. The van der Waals surface area contributed by atoms with E-state index in [1.807, 2.05) is 55.5 Å². The molecule has 0 radical (unpaired) electrons. The van der Waals surface area contributed by atoms with Crippen LogP contribution in [0.5, 0.6) is 5.75 Å². The van der Waals surface area contributed by atoms with Crippen LogP contribution in [-0.2, 0) is 9.53 Å². The van der Waals surface area contributed by atoms with Gasteiger partial charge in [0.1, 0.15) is 5.75 Å². The minimum Gasteiger partial charge on any atom is -0.497 e. The zero-order valence-corrected chi connectivity index (χ0v) is 14.7. The molecule has 3 rings (SSSR count). The molecule has 1 amide bonds. The molecule has 0 aromatic heterocycles. The topological polar surface area (TPSA) is 47.9 Å². The van der Waals surface area contributed by atoms with E-state index in [2.05, 4.69) is 11.6 Å². The van der Waals surface area contributed by atoms with Crippen LogP contribution in [0.15, 0.2) is 66.2 Å². The first-order valence-corrected chi connectivity index (χ1v) is 8.13. The van der Waals surface area contributed by atoms with Gasteiger partial charge in [0.15, 0.2) is 5.60 Å². The van der Waals surface area contributed by atoms with E-state index in [1.54, 1.807) is 20.1 Å². The van der Waals surface area contributed by atoms with Crippen molar-refractivity contribution in [2.45, 2.75) is 25.4 Å². The third-order valence-corrected chi connectivity index (χ3v) is 4.54. The summed E-state index contributed by atoms with van der Waals surface area (Å²) in [6.45, 7) is 7.69. The van der Waals surface area contributed by atoms with Gasteiger partial charge in [-0.1, -0.05) is 35.9 Å². The maximum atomic E-state index is 12.7. The minimum atomic E-state index is -1.10. The molecular weight excluding hydrogens is 314 g/mol. The van der Waals surface area contributed by atoms with Crippen molar-refractivity contribution in [3.8, 4) is 5.75 Å². The Kier molecular flexibility index (Phi) is 4.45. The van der Waals surface area contributed by atoms with Crippen LogP contribution < -0.4 is 4.74 Å². The average molecular weight is 335 g/mol. The van der Waals surface area contributed by atoms with Gasteiger partial charge in [0.25, 0.3) is 5.91 Å². The molecule has 128 valence electrons. The van der Waals surface area contributed by atoms with Gasteiger partial charge in [-0.05, 0) is 43.7 Å². The first-order chi connectivity index (χ1) is 12.0. The summed E-state index contributed by atoms with van der Waals surface area (Å²) < 4.78 is 11.2. The van der Waals surface area contributed by atoms with Gasteiger partial charge >= 0.3 is 0 Å². The van der Waals surface area contributed by atoms with Gasteiger partial charge in [0.05, 0.1) is 13.0 Å². The van der Waals surface area contributed by atoms with Crippen LogP contribution in [0.1, 0.15) is 29.5 Å². The monoisotopic (exact) mass is 335 g/mol. The molecule has 0 spiro atoms. The van der Waals surface area contributed by atoms with Crippen molar-refractivity contribution < 1.29 is 14.3 Å². The van der Waals surface area contributed by atoms with Crippen molar-refractivity contribution in [3.63, 3.8) is 0 Å². The van der Waals surface area contributed by atoms with Crippen LogP contribution >= 0.6 is 0 Å². The third-order valence-electron chi connectivity index (χ3n) is 4.54. The number of hydrogen-bond acceptors (Lipinski definition) is 3. The Morgan fingerprint density at radius 3 is 2.36 bits per heavy atom. The lowest BCUT2D eigenvalue weighted by Crippen LogP contribution is -2.39. The van der Waals surface area contributed by atoms with Crippen molar-refractivity contribution >= 4 is 11.8 Å². The van der Waals surface area contributed by atoms with Gasteiger partial charge in [0, 0.05) is 5.56 Å². The molecule has 2 aromatic rings. The lowest BCUT2D eigenvalue weighted by atomic mass is 9.82. The van der Waals surface area contributed by atoms with Gasteiger partial charge in [0.2, 0.25) is 5.90 Å². The molecule has 25 heavy (non-hydrogen) atoms. The Morgan fingerprint density at radius 2 is 1.80 bits per heavy atom. The van der Waals surface area contributed by atoms with E-state index >= 15 is 0 Å². The van der Waals surface area contributed by atoms with E-state index in [0.717, 1.165) is 22.4 Å². The van der Waals surface area contributed by atoms with E-state index in [9.17, 15) is 4.79 Å². The van der Waals surface area contributed by atoms with Crippen LogP contribution in [-0.4, -0.2) is 24.5 Å². The second kappa shape index (κ2) is 6.55. The Labute approximate surface area is 147 Å². The highest BCUT2D eigenvalue weighted by molar-refractivity contribution is 6.09. The molecular formula is C21H21NO3. The lowest BCUT2D eigenvalue weighted by Gasteiger charge is -2.29. The standard InChI is InChI=1S/C21H21NO3/c1-5-18(15-8-6-14(2)7-9-15)21(3)20(23)22-19(25-21)16-10-12-17(24-4)13-11-16/h5-13,18H,1H2,2-4H3. The van der Waals surface area contributed by atoms with Crippen molar-refractivity contribution in [2.24, 2.45) is 4.99 Å². The van der Waals surface area contributed by atoms with Crippen molar-refractivity contribution in [1.29, 1.82) is 0 Å². The predicted octanol–water partition coefficient (Wildman–Crippen LogP) is 4.04. The highest BCUT2D eigenvalue weighted by Gasteiger charge is 2.48. The average Bonchev–Trinajstić information content (AvgIpc) is 2.93. The van der Waals surface area contributed by atoms with Crippen molar-refractivity contribution in [3.05, 3.63) is 77.9 Å². The number of aryl methyl sites for hydroxylation is 1. The molecule has 2 unspecified atom stereocenters. The number of carbonyl (C=O) groups is 1. The maximum absolute atomic E-state index is 12.7. The zero-order valence-electron chi connectivity index (χ0n) is 14.7. The van der Waals surface area contributed by atoms with Gasteiger partial charge in [-0.25, -0.2) is 0 Å². The second-order valence-electron chi connectivity index (χ2n) is 6.28. The molecule has 1 aliphatic heterocycles. The largest absolute Gasteiger partial charge is 0.497 e. The number of rotatable bonds is 5. The number of methoxy groups -OCH3 is 1. The molecule has 0 N–H and O–H groups in total. The molecule has 0 aliphatic carbocycles. The normalized spacial score (nSPS) is 20.6. The van der Waals surface area contributed by atoms with Crippen LogP contribution in [0.25, 0.3) is 0 Å². The fourth-order valence-electron chi connectivity index (χ4n) is 2.98. The number of carbonyl (C=O) groups excluding carboxylic acids is 1. The highest BCUT2D eigenvalue weighted by atomic mass is 16.5. The second-order valence-corrected chi connectivity index (χ2v) is 6.28. The number of amides is 1. The molecule has 4 nitrogen and oxygen atoms in total. The molecule has 4 heteroatoms. The van der Waals surface area contributed by atoms with E-state index < -0.39 is 5.60 Å². The number of hydrogen-bond donors (Lipinski definition) is 0. The fourth-order valence-corrected chi connectivity index (χ4v) is 2.98. The Bertz CT molecular complexity index is 821. The first kappa shape index (κ1) is 17.0. The van der Waals surface area contributed by atoms with E-state index in [1.165, 1.54) is 0 Å². The summed E-state index contributed by atoms with van der Waals surface area (Å²) in [5.41, 5.74) is 1.77. The van der Waals surface area contributed by atoms with E-state index in [4.69, 9.17) is 9.47 Å². The zero-order chi connectivity index (χ0) is 18.0. The van der Waals surface area contributed by atoms with Gasteiger partial charge < -0.3 is 9.47 Å². The quantitative estimate of drug-likeness (QED) is 0.775. The summed E-state index contributed by atoms with van der Waals surface area (Å²) in [5.74, 6) is 0.470. The Hall–Kier alpha value is -2.88. The van der Waals surface area contributed by atoms with E-state index in [0.29, 0.717) is 5.90 Å². The van der Waals surface area contributed by atoms with Gasteiger partial charge in [-0.3, -0.25) is 4.79 Å². The molecule has 1 aliphatic rings. The molecule has 2 atom stereocenters. The van der Waals surface area contributed by atoms with Crippen LogP contribution in [0, 0.1) is 6.92 Å². The lowest BCUT2D eigenvalue weighted by molar-refractivity contribution is -0.130. The predicted molar refractivity (Wildman–Crippen MR) is 98.1 cm³/mol. The molecule has 0 fully saturated rings. The fraction of sp³-hybridized carbons (Fsp3) is 0.238. The Morgan fingerprint density at radius 1 is 1.16 bits per heavy atom. The van der Waals surface area contributed by atoms with Gasteiger partial charge in [-0.2, -0.15) is 4.99 Å². The molecule has 0 saturated carbocycles. The first-order valence-electron chi connectivity index (χ1n) is 8.13. The Balaban J connectivity index is 1.90. The van der Waals surface area contributed by atoms with Crippen molar-refractivity contribution in [1.82, 2.24) is 0 Å². The molecule has 0 bridgehead atoms. The van der Waals surface area contributed by atoms with Gasteiger partial charge in [-0.15, -0.1) is 6.58 Å². The molecule has 2 aromatic carbocycles. The number of nitrogens with zero attached hydrogens (tertiary/aromatic N) is 1. The summed E-state index contributed by atoms with van der Waals surface area (Å²) in [4.78, 5) is 16.8. The van der Waals surface area contributed by atoms with Crippen LogP contribution in [0.2, 0.25) is 0 Å². The summed E-state index contributed by atoms with van der Waals surface area (Å²) >= 11 is 0. The minimum absolute atomic E-state index is 0.292. The highest BCUT2D eigenvalue weighted by Crippen LogP contribution is 2.38. The number of ether oxygens (including phenoxy) is 2. The SMILES string of the molecule is C=CC(c1ccc(C)cc1)C1(C)OC(c2ccc(OC)cc2)=NC1=O. The number of benzene rings is 2.